The fourth-order valence-electron chi connectivity index (χ4n) is 3.37. The minimum Gasteiger partial charge on any atom is -0.493 e. The number of benzene rings is 2. The highest BCUT2D eigenvalue weighted by molar-refractivity contribution is 5.84. The second kappa shape index (κ2) is 6.52. The van der Waals surface area contributed by atoms with Crippen LogP contribution in [-0.2, 0) is 0 Å². The van der Waals surface area contributed by atoms with Gasteiger partial charge in [-0.05, 0) is 43.0 Å². The number of carbonyl (C=O) groups excluding carboxylic acids is 1. The number of rotatable bonds is 5. The molecular formula is C21H20O3. The predicted molar refractivity (Wildman–Crippen MR) is 94.5 cm³/mol. The highest BCUT2D eigenvalue weighted by Crippen LogP contribution is 2.31. The van der Waals surface area contributed by atoms with E-state index in [0.717, 1.165) is 40.9 Å². The first-order valence-corrected chi connectivity index (χ1v) is 8.54. The summed E-state index contributed by atoms with van der Waals surface area (Å²) >= 11 is 0. The van der Waals surface area contributed by atoms with Crippen molar-refractivity contribution in [1.82, 2.24) is 0 Å². The van der Waals surface area contributed by atoms with Crippen LogP contribution in [0.25, 0.3) is 22.3 Å². The van der Waals surface area contributed by atoms with Gasteiger partial charge in [0.1, 0.15) is 23.4 Å². The molecule has 0 radical (unpaired) electrons. The van der Waals surface area contributed by atoms with Crippen molar-refractivity contribution in [2.75, 3.05) is 6.61 Å². The standard InChI is InChI=1S/C21H20O3/c22-13-15-5-7-17(8-6-15)21-12-18-11-19(9-10-20(18)24-21)23-14-16-3-1-2-4-16/h5-13,16H,1-4,14H2. The van der Waals surface area contributed by atoms with Crippen LogP contribution in [0.1, 0.15) is 36.0 Å². The van der Waals surface area contributed by atoms with Crippen molar-refractivity contribution in [3.63, 3.8) is 0 Å². The first kappa shape index (κ1) is 15.0. The molecule has 0 saturated heterocycles. The quantitative estimate of drug-likeness (QED) is 0.584. The average Bonchev–Trinajstić information content (AvgIpc) is 3.29. The second-order valence-electron chi connectivity index (χ2n) is 6.51. The zero-order valence-electron chi connectivity index (χ0n) is 13.5. The lowest BCUT2D eigenvalue weighted by atomic mass is 10.1. The van der Waals surface area contributed by atoms with Gasteiger partial charge in [-0.2, -0.15) is 0 Å². The summed E-state index contributed by atoms with van der Waals surface area (Å²) in [5.41, 5.74) is 2.47. The maximum atomic E-state index is 10.8. The third-order valence-electron chi connectivity index (χ3n) is 4.78. The Morgan fingerprint density at radius 2 is 1.83 bits per heavy atom. The molecule has 0 aliphatic heterocycles. The Bertz CT molecular complexity index is 839. The third kappa shape index (κ3) is 3.07. The molecule has 0 bridgehead atoms. The molecule has 3 aromatic rings. The van der Waals surface area contributed by atoms with E-state index in [1.165, 1.54) is 25.7 Å². The Morgan fingerprint density at radius 1 is 1.04 bits per heavy atom. The molecule has 1 saturated carbocycles. The van der Waals surface area contributed by atoms with E-state index in [1.54, 1.807) is 12.1 Å². The topological polar surface area (TPSA) is 39.4 Å². The molecule has 0 N–H and O–H groups in total. The third-order valence-corrected chi connectivity index (χ3v) is 4.78. The lowest BCUT2D eigenvalue weighted by molar-refractivity contribution is 0.112. The van der Waals surface area contributed by atoms with Crippen molar-refractivity contribution >= 4 is 17.3 Å². The van der Waals surface area contributed by atoms with Gasteiger partial charge in [0.05, 0.1) is 6.61 Å². The van der Waals surface area contributed by atoms with Gasteiger partial charge in [-0.1, -0.05) is 37.1 Å². The van der Waals surface area contributed by atoms with Crippen molar-refractivity contribution in [2.45, 2.75) is 25.7 Å². The number of furan rings is 1. The zero-order valence-corrected chi connectivity index (χ0v) is 13.5. The number of hydrogen-bond acceptors (Lipinski definition) is 3. The number of aldehydes is 1. The monoisotopic (exact) mass is 320 g/mol. The molecule has 122 valence electrons. The van der Waals surface area contributed by atoms with E-state index in [0.29, 0.717) is 11.5 Å². The number of fused-ring (bicyclic) bond motifs is 1. The number of carbonyl (C=O) groups is 1. The molecule has 3 heteroatoms. The molecule has 3 nitrogen and oxygen atoms in total. The summed E-state index contributed by atoms with van der Waals surface area (Å²) in [6.07, 6.45) is 6.09. The Labute approximate surface area is 141 Å². The van der Waals surface area contributed by atoms with Gasteiger partial charge in [-0.3, -0.25) is 4.79 Å². The zero-order chi connectivity index (χ0) is 16.4. The van der Waals surface area contributed by atoms with Crippen LogP contribution in [-0.4, -0.2) is 12.9 Å². The van der Waals surface area contributed by atoms with Gasteiger partial charge >= 0.3 is 0 Å². The van der Waals surface area contributed by atoms with Gasteiger partial charge in [0, 0.05) is 16.5 Å². The summed E-state index contributed by atoms with van der Waals surface area (Å²) in [6, 6.07) is 15.4. The van der Waals surface area contributed by atoms with E-state index in [1.807, 2.05) is 36.4 Å². The second-order valence-corrected chi connectivity index (χ2v) is 6.51. The Morgan fingerprint density at radius 3 is 2.58 bits per heavy atom. The smallest absolute Gasteiger partial charge is 0.150 e. The summed E-state index contributed by atoms with van der Waals surface area (Å²) < 4.78 is 11.9. The van der Waals surface area contributed by atoms with Crippen molar-refractivity contribution in [3.05, 3.63) is 54.1 Å². The highest BCUT2D eigenvalue weighted by Gasteiger charge is 2.15. The SMILES string of the molecule is O=Cc1ccc(-c2cc3cc(OCC4CCCC4)ccc3o2)cc1. The van der Waals surface area contributed by atoms with Crippen LogP contribution in [0.5, 0.6) is 5.75 Å². The van der Waals surface area contributed by atoms with Crippen LogP contribution >= 0.6 is 0 Å². The Balaban J connectivity index is 1.54. The van der Waals surface area contributed by atoms with E-state index in [-0.39, 0.29) is 0 Å². The van der Waals surface area contributed by atoms with Crippen molar-refractivity contribution < 1.29 is 13.9 Å². The van der Waals surface area contributed by atoms with Crippen LogP contribution in [0.3, 0.4) is 0 Å². The molecule has 1 fully saturated rings. The van der Waals surface area contributed by atoms with Crippen LogP contribution in [0.4, 0.5) is 0 Å². The number of ether oxygens (including phenoxy) is 1. The minimum absolute atomic E-state index is 0.664. The maximum Gasteiger partial charge on any atom is 0.150 e. The van der Waals surface area contributed by atoms with Crippen molar-refractivity contribution in [3.8, 4) is 17.1 Å². The lowest BCUT2D eigenvalue weighted by Gasteiger charge is -2.11. The molecule has 1 aliphatic rings. The van der Waals surface area contributed by atoms with E-state index < -0.39 is 0 Å². The predicted octanol–water partition coefficient (Wildman–Crippen LogP) is 5.48. The largest absolute Gasteiger partial charge is 0.493 e. The molecule has 1 aromatic heterocycles. The molecule has 0 amide bonds. The summed E-state index contributed by atoms with van der Waals surface area (Å²) in [7, 11) is 0. The summed E-state index contributed by atoms with van der Waals surface area (Å²) in [4.78, 5) is 10.8. The molecular weight excluding hydrogens is 300 g/mol. The van der Waals surface area contributed by atoms with Gasteiger partial charge in [0.25, 0.3) is 0 Å². The van der Waals surface area contributed by atoms with Crippen LogP contribution < -0.4 is 4.74 Å². The fourth-order valence-corrected chi connectivity index (χ4v) is 3.37. The van der Waals surface area contributed by atoms with Gasteiger partial charge < -0.3 is 9.15 Å². The Kier molecular flexibility index (Phi) is 4.08. The Hall–Kier alpha value is -2.55. The molecule has 2 aromatic carbocycles. The first-order chi connectivity index (χ1) is 11.8. The van der Waals surface area contributed by atoms with E-state index in [4.69, 9.17) is 9.15 Å². The summed E-state index contributed by atoms with van der Waals surface area (Å²) in [5.74, 6) is 2.41. The lowest BCUT2D eigenvalue weighted by Crippen LogP contribution is -2.07. The molecule has 0 atom stereocenters. The van der Waals surface area contributed by atoms with Crippen molar-refractivity contribution in [1.29, 1.82) is 0 Å². The van der Waals surface area contributed by atoms with E-state index in [2.05, 4.69) is 0 Å². The fraction of sp³-hybridized carbons (Fsp3) is 0.286. The summed E-state index contributed by atoms with van der Waals surface area (Å²) in [6.45, 7) is 0.809. The molecule has 0 unspecified atom stereocenters. The number of hydrogen-bond donors (Lipinski definition) is 0. The van der Waals surface area contributed by atoms with Gasteiger partial charge in [-0.15, -0.1) is 0 Å². The molecule has 1 aliphatic carbocycles. The minimum atomic E-state index is 0.664. The molecule has 4 rings (SSSR count). The first-order valence-electron chi connectivity index (χ1n) is 8.54. The molecule has 24 heavy (non-hydrogen) atoms. The maximum absolute atomic E-state index is 10.8. The van der Waals surface area contributed by atoms with Crippen molar-refractivity contribution in [2.24, 2.45) is 5.92 Å². The molecule has 0 spiro atoms. The van der Waals surface area contributed by atoms with Gasteiger partial charge in [0.15, 0.2) is 0 Å². The van der Waals surface area contributed by atoms with E-state index >= 15 is 0 Å². The summed E-state index contributed by atoms with van der Waals surface area (Å²) in [5, 5.41) is 1.04. The van der Waals surface area contributed by atoms with Crippen LogP contribution in [0.2, 0.25) is 0 Å². The average molecular weight is 320 g/mol. The van der Waals surface area contributed by atoms with E-state index in [9.17, 15) is 4.79 Å². The van der Waals surface area contributed by atoms with Gasteiger partial charge in [0.2, 0.25) is 0 Å². The van der Waals surface area contributed by atoms with Gasteiger partial charge in [-0.25, -0.2) is 0 Å². The highest BCUT2D eigenvalue weighted by atomic mass is 16.5. The van der Waals surface area contributed by atoms with Crippen LogP contribution in [0.15, 0.2) is 52.9 Å². The van der Waals surface area contributed by atoms with Crippen LogP contribution in [0, 0.1) is 5.92 Å². The molecule has 1 heterocycles. The normalized spacial score (nSPS) is 15.0.